The first-order valence-corrected chi connectivity index (χ1v) is 13.3. The molecule has 0 saturated carbocycles. The predicted octanol–water partition coefficient (Wildman–Crippen LogP) is 7.03. The Morgan fingerprint density at radius 2 is 0.875 bits per heavy atom. The lowest BCUT2D eigenvalue weighted by molar-refractivity contribution is -0.681. The van der Waals surface area contributed by atoms with E-state index in [1.165, 1.54) is 41.1 Å². The molecule has 0 amide bonds. The lowest BCUT2D eigenvalue weighted by atomic mass is 10.2. The van der Waals surface area contributed by atoms with Gasteiger partial charge in [0, 0.05) is 12.1 Å². The Morgan fingerprint density at radius 1 is 0.542 bits per heavy atom. The number of aromatic nitrogens is 1. The van der Waals surface area contributed by atoms with Crippen molar-refractivity contribution in [3.63, 3.8) is 0 Å². The smallest absolute Gasteiger partial charge is 0.573 e. The first-order chi connectivity index (χ1) is 22.8. The van der Waals surface area contributed by atoms with E-state index in [0.29, 0.717) is 28.6 Å². The fraction of sp³-hybridized carbons (Fsp3) is 0.0606. The number of halogens is 6. The van der Waals surface area contributed by atoms with Gasteiger partial charge in [-0.25, -0.2) is 0 Å². The highest BCUT2D eigenvalue weighted by molar-refractivity contribution is 5.90. The van der Waals surface area contributed by atoms with E-state index in [-0.39, 0.29) is 17.7 Å². The number of para-hydroxylation sites is 1. The van der Waals surface area contributed by atoms with Crippen LogP contribution < -0.4 is 28.7 Å². The molecule has 48 heavy (non-hydrogen) atoms. The van der Waals surface area contributed by atoms with Gasteiger partial charge in [0.1, 0.15) is 34.5 Å². The van der Waals surface area contributed by atoms with Crippen molar-refractivity contribution in [2.75, 3.05) is 0 Å². The summed E-state index contributed by atoms with van der Waals surface area (Å²) in [6.07, 6.45) is -5.89. The first-order valence-electron chi connectivity index (χ1n) is 13.3. The average Bonchev–Trinajstić information content (AvgIpc) is 3.04. The van der Waals surface area contributed by atoms with Crippen molar-refractivity contribution in [2.45, 2.75) is 12.7 Å². The monoisotopic (exact) mass is 672 g/mol. The standard InChI is InChI=1S/C19H13F3N2O3.C13H9F3O2.CO2/c20-19(21,22)27-17-10-8-16(9-11-17)26-15-6-4-14(5-7-15)18(25)23-24-12-2-1-3-13-24;14-13(15,16)18-12-8-6-11(7-9-12)17-10-4-2-1-3-5-10;2-1-3/h1-13H;1-9H;. The van der Waals surface area contributed by atoms with E-state index in [9.17, 15) is 31.4 Å². The van der Waals surface area contributed by atoms with E-state index in [1.54, 1.807) is 73.1 Å². The number of alkyl halides is 6. The van der Waals surface area contributed by atoms with Gasteiger partial charge in [0.15, 0.2) is 0 Å². The molecule has 0 N–H and O–H groups in total. The molecule has 1 aromatic heterocycles. The van der Waals surface area contributed by atoms with Gasteiger partial charge in [-0.1, -0.05) is 41.1 Å². The third-order valence-corrected chi connectivity index (χ3v) is 5.34. The molecule has 248 valence electrons. The third kappa shape index (κ3) is 13.7. The average molecular weight is 673 g/mol. The second kappa shape index (κ2) is 17.4. The maximum Gasteiger partial charge on any atom is 0.573 e. The quantitative estimate of drug-likeness (QED) is 0.0754. The van der Waals surface area contributed by atoms with Gasteiger partial charge in [0.05, 0.1) is 5.90 Å². The highest BCUT2D eigenvalue weighted by Gasteiger charge is 2.31. The lowest BCUT2D eigenvalue weighted by Gasteiger charge is -2.11. The second-order valence-corrected chi connectivity index (χ2v) is 8.82. The van der Waals surface area contributed by atoms with Crippen LogP contribution in [0.2, 0.25) is 0 Å². The summed E-state index contributed by atoms with van der Waals surface area (Å²) in [6.45, 7) is 0. The van der Waals surface area contributed by atoms with Gasteiger partial charge in [0.25, 0.3) is 0 Å². The molecule has 0 radical (unpaired) electrons. The Bertz CT molecular complexity index is 1740. The summed E-state index contributed by atoms with van der Waals surface area (Å²) in [4.78, 5) is 16.2. The fourth-order valence-electron chi connectivity index (χ4n) is 3.46. The van der Waals surface area contributed by atoms with Gasteiger partial charge < -0.3 is 24.1 Å². The Hall–Kier alpha value is -6.34. The van der Waals surface area contributed by atoms with Gasteiger partial charge in [-0.2, -0.15) is 9.59 Å². The van der Waals surface area contributed by atoms with Crippen molar-refractivity contribution >= 4 is 12.0 Å². The molecular formula is C33H22F6N2O7. The summed E-state index contributed by atoms with van der Waals surface area (Å²) >= 11 is 0. The lowest BCUT2D eigenvalue weighted by Crippen LogP contribution is -2.33. The van der Waals surface area contributed by atoms with Crippen LogP contribution in [0.15, 0.2) is 139 Å². The molecule has 0 aliphatic rings. The normalized spacial score (nSPS) is 11.0. The van der Waals surface area contributed by atoms with Crippen molar-refractivity contribution < 1.29 is 64.7 Å². The van der Waals surface area contributed by atoms with Gasteiger partial charge in [-0.3, -0.25) is 0 Å². The number of nitrogens with zero attached hydrogens (tertiary/aromatic N) is 2. The number of pyridine rings is 1. The molecule has 4 aromatic carbocycles. The van der Waals surface area contributed by atoms with Crippen molar-refractivity contribution in [2.24, 2.45) is 5.10 Å². The van der Waals surface area contributed by atoms with Gasteiger partial charge in [0.2, 0.25) is 12.4 Å². The number of benzene rings is 4. The largest absolute Gasteiger partial charge is 0.854 e. The maximum atomic E-state index is 12.1. The van der Waals surface area contributed by atoms with Crippen LogP contribution in [-0.2, 0) is 9.59 Å². The predicted molar refractivity (Wildman–Crippen MR) is 153 cm³/mol. The molecular weight excluding hydrogens is 650 g/mol. The minimum Gasteiger partial charge on any atom is -0.854 e. The van der Waals surface area contributed by atoms with E-state index < -0.39 is 18.6 Å². The number of hydrogen-bond donors (Lipinski definition) is 0. The van der Waals surface area contributed by atoms with E-state index in [0.717, 1.165) is 12.1 Å². The van der Waals surface area contributed by atoms with E-state index in [4.69, 9.17) is 19.1 Å². The zero-order chi connectivity index (χ0) is 35.0. The van der Waals surface area contributed by atoms with Crippen LogP contribution in [0.4, 0.5) is 26.3 Å². The molecule has 0 aliphatic carbocycles. The second-order valence-electron chi connectivity index (χ2n) is 8.82. The number of carbonyl (C=O) groups excluding carboxylic acids is 2. The van der Waals surface area contributed by atoms with Gasteiger partial charge >= 0.3 is 18.9 Å². The summed E-state index contributed by atoms with van der Waals surface area (Å²) in [5.41, 5.74) is 0.368. The zero-order valence-electron chi connectivity index (χ0n) is 24.2. The molecule has 0 aliphatic heterocycles. The Morgan fingerprint density at radius 3 is 1.27 bits per heavy atom. The molecule has 0 spiro atoms. The topological polar surface area (TPSA) is 110 Å². The van der Waals surface area contributed by atoms with Crippen LogP contribution in [0.1, 0.15) is 5.56 Å². The van der Waals surface area contributed by atoms with E-state index in [2.05, 4.69) is 14.6 Å². The van der Waals surface area contributed by atoms with E-state index in [1.807, 2.05) is 12.1 Å². The van der Waals surface area contributed by atoms with Crippen molar-refractivity contribution in [3.8, 4) is 34.5 Å². The minimum atomic E-state index is -4.74. The molecule has 9 nitrogen and oxygen atoms in total. The van der Waals surface area contributed by atoms with Crippen molar-refractivity contribution in [1.82, 2.24) is 0 Å². The first kappa shape index (κ1) is 36.1. The highest BCUT2D eigenvalue weighted by Crippen LogP contribution is 2.28. The maximum absolute atomic E-state index is 12.1. The van der Waals surface area contributed by atoms with Crippen molar-refractivity contribution in [1.29, 1.82) is 0 Å². The van der Waals surface area contributed by atoms with Crippen LogP contribution in [-0.4, -0.2) is 24.8 Å². The Balaban J connectivity index is 0.000000257. The summed E-state index contributed by atoms with van der Waals surface area (Å²) in [6, 6.07) is 30.7. The van der Waals surface area contributed by atoms with Crippen LogP contribution in [0.5, 0.6) is 34.5 Å². The molecule has 1 heterocycles. The molecule has 0 unspecified atom stereocenters. The molecule has 0 fully saturated rings. The molecule has 0 bridgehead atoms. The zero-order valence-corrected chi connectivity index (χ0v) is 24.2. The number of ether oxygens (including phenoxy) is 4. The van der Waals surface area contributed by atoms with Gasteiger partial charge in [-0.05, 0) is 83.5 Å². The molecule has 5 rings (SSSR count). The SMILES string of the molecule is FC(F)(F)Oc1ccc(Oc2ccccc2)cc1.O=C=O.[O-]C(=N[n+]1ccccc1)c1ccc(Oc2ccc(OC(F)(F)F)cc2)cc1. The molecule has 0 saturated heterocycles. The van der Waals surface area contributed by atoms with Gasteiger partial charge in [-0.15, -0.1) is 26.3 Å². The summed E-state index contributed by atoms with van der Waals surface area (Å²) in [5.74, 6) is 0.763. The van der Waals surface area contributed by atoms with Crippen LogP contribution in [0.3, 0.4) is 0 Å². The molecule has 0 atom stereocenters. The summed E-state index contributed by atoms with van der Waals surface area (Å²) in [7, 11) is 0. The number of rotatable bonds is 8. The van der Waals surface area contributed by atoms with Crippen LogP contribution in [0.25, 0.3) is 0 Å². The van der Waals surface area contributed by atoms with Crippen molar-refractivity contribution in [3.05, 3.63) is 139 Å². The minimum absolute atomic E-state index is 0.250. The Kier molecular flexibility index (Phi) is 13.1. The fourth-order valence-corrected chi connectivity index (χ4v) is 3.46. The summed E-state index contributed by atoms with van der Waals surface area (Å²) < 4.78 is 92.1. The highest BCUT2D eigenvalue weighted by atomic mass is 19.4. The molecule has 15 heteroatoms. The Labute approximate surface area is 268 Å². The molecule has 5 aromatic rings. The van der Waals surface area contributed by atoms with E-state index >= 15 is 0 Å². The summed E-state index contributed by atoms with van der Waals surface area (Å²) in [5, 5.41) is 16.0. The van der Waals surface area contributed by atoms with Crippen LogP contribution >= 0.6 is 0 Å². The number of hydrogen-bond acceptors (Lipinski definition) is 8. The van der Waals surface area contributed by atoms with Crippen LogP contribution in [0, 0.1) is 0 Å². The third-order valence-electron chi connectivity index (χ3n) is 5.34.